The highest BCUT2D eigenvalue weighted by Crippen LogP contribution is 2.23. The zero-order valence-corrected chi connectivity index (χ0v) is 13.5. The van der Waals surface area contributed by atoms with Crippen LogP contribution in [0.3, 0.4) is 0 Å². The van der Waals surface area contributed by atoms with Crippen LogP contribution in [0, 0.1) is 11.7 Å². The molecule has 0 saturated carbocycles. The summed E-state index contributed by atoms with van der Waals surface area (Å²) in [5.74, 6) is -0.0539. The van der Waals surface area contributed by atoms with Crippen LogP contribution in [0.4, 0.5) is 4.39 Å². The number of likely N-dealkylation sites (tertiary alicyclic amines) is 1. The number of halogens is 2. The first-order valence-electron chi connectivity index (χ1n) is 7.09. The van der Waals surface area contributed by atoms with Crippen molar-refractivity contribution in [3.63, 3.8) is 0 Å². The third kappa shape index (κ3) is 2.91. The largest absolute Gasteiger partial charge is 0.337 e. The van der Waals surface area contributed by atoms with Gasteiger partial charge in [0.2, 0.25) is 0 Å². The van der Waals surface area contributed by atoms with Gasteiger partial charge in [0.05, 0.1) is 10.2 Å². The van der Waals surface area contributed by atoms with Crippen LogP contribution < -0.4 is 5.73 Å². The van der Waals surface area contributed by atoms with Gasteiger partial charge in [0.15, 0.2) is 5.69 Å². The molecule has 2 aromatic rings. The molecule has 2 heterocycles. The van der Waals surface area contributed by atoms with Gasteiger partial charge in [-0.05, 0) is 59.1 Å². The maximum atomic E-state index is 13.0. The number of nitrogens with two attached hydrogens (primary N) is 1. The summed E-state index contributed by atoms with van der Waals surface area (Å²) in [7, 11) is 0. The molecule has 1 aromatic carbocycles. The Labute approximate surface area is 136 Å². The van der Waals surface area contributed by atoms with Gasteiger partial charge < -0.3 is 10.6 Å². The second kappa shape index (κ2) is 6.18. The Morgan fingerprint density at radius 3 is 2.77 bits per heavy atom. The minimum Gasteiger partial charge on any atom is -0.337 e. The topological polar surface area (TPSA) is 64.2 Å². The fourth-order valence-electron chi connectivity index (χ4n) is 2.58. The van der Waals surface area contributed by atoms with Gasteiger partial charge in [0, 0.05) is 19.3 Å². The molecule has 1 unspecified atom stereocenters. The molecule has 1 saturated heterocycles. The van der Waals surface area contributed by atoms with Crippen LogP contribution in [0.5, 0.6) is 0 Å². The minimum absolute atomic E-state index is 0.108. The van der Waals surface area contributed by atoms with Crippen molar-refractivity contribution in [2.24, 2.45) is 11.7 Å². The summed E-state index contributed by atoms with van der Waals surface area (Å²) in [6.45, 7) is 1.97. The first-order chi connectivity index (χ1) is 10.6. The van der Waals surface area contributed by atoms with E-state index in [2.05, 4.69) is 21.0 Å². The Balaban J connectivity index is 1.83. The zero-order valence-electron chi connectivity index (χ0n) is 11.9. The Morgan fingerprint density at radius 2 is 2.14 bits per heavy atom. The zero-order chi connectivity index (χ0) is 15.7. The number of amides is 1. The highest BCUT2D eigenvalue weighted by Gasteiger charge is 2.28. The molecular weight excluding hydrogens is 351 g/mol. The van der Waals surface area contributed by atoms with Gasteiger partial charge in [-0.2, -0.15) is 5.10 Å². The molecule has 7 heteroatoms. The summed E-state index contributed by atoms with van der Waals surface area (Å²) < 4.78 is 15.2. The van der Waals surface area contributed by atoms with Crippen molar-refractivity contribution in [2.75, 3.05) is 19.6 Å². The average Bonchev–Trinajstić information content (AvgIpc) is 3.14. The fourth-order valence-corrected chi connectivity index (χ4v) is 3.03. The number of aromatic nitrogens is 2. The number of carbonyl (C=O) groups is 1. The van der Waals surface area contributed by atoms with Crippen LogP contribution in [0.1, 0.15) is 16.9 Å². The minimum atomic E-state index is -0.309. The van der Waals surface area contributed by atoms with E-state index in [9.17, 15) is 9.18 Å². The van der Waals surface area contributed by atoms with Gasteiger partial charge in [0.25, 0.3) is 5.91 Å². The molecule has 0 bridgehead atoms. The molecule has 1 aliphatic heterocycles. The van der Waals surface area contributed by atoms with E-state index in [-0.39, 0.29) is 11.7 Å². The predicted octanol–water partition coefficient (Wildman–Crippen LogP) is 2.19. The lowest BCUT2D eigenvalue weighted by Crippen LogP contribution is -2.30. The maximum Gasteiger partial charge on any atom is 0.275 e. The van der Waals surface area contributed by atoms with Crippen LogP contribution in [-0.4, -0.2) is 40.2 Å². The molecule has 22 heavy (non-hydrogen) atoms. The number of carbonyl (C=O) groups excluding carboxylic acids is 1. The Kier molecular flexibility index (Phi) is 4.26. The van der Waals surface area contributed by atoms with E-state index >= 15 is 0 Å². The molecule has 1 aromatic heterocycles. The summed E-state index contributed by atoms with van der Waals surface area (Å²) in [4.78, 5) is 14.3. The number of benzene rings is 1. The molecule has 2 N–H and O–H groups in total. The van der Waals surface area contributed by atoms with E-state index in [1.165, 1.54) is 12.1 Å². The summed E-state index contributed by atoms with van der Waals surface area (Å²) in [6, 6.07) is 5.95. The summed E-state index contributed by atoms with van der Waals surface area (Å²) >= 11 is 3.38. The van der Waals surface area contributed by atoms with Crippen molar-refractivity contribution < 1.29 is 9.18 Å². The van der Waals surface area contributed by atoms with Gasteiger partial charge in [-0.15, -0.1) is 0 Å². The lowest BCUT2D eigenvalue weighted by atomic mass is 10.1. The second-order valence-corrected chi connectivity index (χ2v) is 6.24. The lowest BCUT2D eigenvalue weighted by molar-refractivity contribution is 0.0780. The quantitative estimate of drug-likeness (QED) is 0.905. The van der Waals surface area contributed by atoms with Crippen LogP contribution in [0.2, 0.25) is 0 Å². The first-order valence-corrected chi connectivity index (χ1v) is 7.88. The van der Waals surface area contributed by atoms with E-state index in [1.54, 1.807) is 27.9 Å². The summed E-state index contributed by atoms with van der Waals surface area (Å²) in [5, 5.41) is 4.33. The van der Waals surface area contributed by atoms with E-state index in [0.717, 1.165) is 6.42 Å². The van der Waals surface area contributed by atoms with Gasteiger partial charge >= 0.3 is 0 Å². The summed E-state index contributed by atoms with van der Waals surface area (Å²) in [5.41, 5.74) is 6.72. The molecule has 5 nitrogen and oxygen atoms in total. The molecule has 1 aliphatic rings. The van der Waals surface area contributed by atoms with Crippen molar-refractivity contribution in [2.45, 2.75) is 6.42 Å². The van der Waals surface area contributed by atoms with Crippen LogP contribution in [-0.2, 0) is 0 Å². The molecule has 1 atom stereocenters. The molecule has 0 aliphatic carbocycles. The Hall–Kier alpha value is -1.73. The normalized spacial score (nSPS) is 18.0. The number of hydrogen-bond acceptors (Lipinski definition) is 3. The van der Waals surface area contributed by atoms with Crippen molar-refractivity contribution in [3.05, 3.63) is 46.4 Å². The van der Waals surface area contributed by atoms with E-state index in [4.69, 9.17) is 5.73 Å². The van der Waals surface area contributed by atoms with Crippen molar-refractivity contribution >= 4 is 21.8 Å². The number of rotatable bonds is 3. The second-order valence-electron chi connectivity index (χ2n) is 5.39. The summed E-state index contributed by atoms with van der Waals surface area (Å²) in [6.07, 6.45) is 2.63. The molecule has 3 rings (SSSR count). The third-order valence-corrected chi connectivity index (χ3v) is 4.45. The van der Waals surface area contributed by atoms with Crippen LogP contribution in [0.25, 0.3) is 5.69 Å². The molecule has 0 radical (unpaired) electrons. The number of hydrogen-bond donors (Lipinski definition) is 1. The van der Waals surface area contributed by atoms with Gasteiger partial charge in [0.1, 0.15) is 5.82 Å². The van der Waals surface area contributed by atoms with Gasteiger partial charge in [-0.1, -0.05) is 0 Å². The highest BCUT2D eigenvalue weighted by molar-refractivity contribution is 9.10. The molecule has 0 spiro atoms. The molecule has 1 fully saturated rings. The number of nitrogens with zero attached hydrogens (tertiary/aromatic N) is 3. The van der Waals surface area contributed by atoms with E-state index in [0.29, 0.717) is 41.4 Å². The molecular formula is C15H16BrFN4O. The smallest absolute Gasteiger partial charge is 0.275 e. The third-order valence-electron chi connectivity index (χ3n) is 3.87. The standard InChI is InChI=1S/C15H16BrFN4O/c16-13-9-21(12-3-1-11(17)2-4-12)19-14(13)15(22)20-6-5-10(7-18)8-20/h1-4,9-10H,5-8,18H2. The van der Waals surface area contributed by atoms with Gasteiger partial charge in [-0.25, -0.2) is 9.07 Å². The predicted molar refractivity (Wildman–Crippen MR) is 84.3 cm³/mol. The Morgan fingerprint density at radius 1 is 1.41 bits per heavy atom. The fraction of sp³-hybridized carbons (Fsp3) is 0.333. The average molecular weight is 367 g/mol. The van der Waals surface area contributed by atoms with Gasteiger partial charge in [-0.3, -0.25) is 4.79 Å². The Bertz CT molecular complexity index is 685. The van der Waals surface area contributed by atoms with Crippen molar-refractivity contribution in [1.82, 2.24) is 14.7 Å². The highest BCUT2D eigenvalue weighted by atomic mass is 79.9. The molecule has 1 amide bonds. The van der Waals surface area contributed by atoms with E-state index in [1.807, 2.05) is 0 Å². The first kappa shape index (κ1) is 15.2. The van der Waals surface area contributed by atoms with Crippen molar-refractivity contribution in [3.8, 4) is 5.69 Å². The monoisotopic (exact) mass is 366 g/mol. The maximum absolute atomic E-state index is 13.0. The lowest BCUT2D eigenvalue weighted by Gasteiger charge is -2.14. The van der Waals surface area contributed by atoms with Crippen molar-refractivity contribution in [1.29, 1.82) is 0 Å². The van der Waals surface area contributed by atoms with Crippen LogP contribution >= 0.6 is 15.9 Å². The molecule has 116 valence electrons. The SMILES string of the molecule is NCC1CCN(C(=O)c2nn(-c3ccc(F)cc3)cc2Br)C1. The van der Waals surface area contributed by atoms with E-state index < -0.39 is 0 Å². The van der Waals surface area contributed by atoms with Crippen LogP contribution in [0.15, 0.2) is 34.9 Å².